The smallest absolute Gasteiger partial charge is 0.367 e. The summed E-state index contributed by atoms with van der Waals surface area (Å²) in [5.74, 6) is -0.819. The lowest BCUT2D eigenvalue weighted by molar-refractivity contribution is -0.141. The Labute approximate surface area is 219 Å². The zero-order valence-corrected chi connectivity index (χ0v) is 20.7. The van der Waals surface area contributed by atoms with E-state index >= 15 is 4.39 Å². The van der Waals surface area contributed by atoms with Crippen molar-refractivity contribution in [1.82, 2.24) is 19.2 Å². The first-order chi connectivity index (χ1) is 18.6. The predicted molar refractivity (Wildman–Crippen MR) is 133 cm³/mol. The molecule has 2 atom stereocenters. The van der Waals surface area contributed by atoms with Crippen LogP contribution in [-0.2, 0) is 10.9 Å². The average molecular weight is 539 g/mol. The summed E-state index contributed by atoms with van der Waals surface area (Å²) in [6.45, 7) is 2.71. The van der Waals surface area contributed by atoms with Crippen molar-refractivity contribution in [3.8, 4) is 17.2 Å². The quantitative estimate of drug-likeness (QED) is 0.344. The highest BCUT2D eigenvalue weighted by Gasteiger charge is 2.35. The standard InChI is InChI=1S/C27H22F4N6O2/c1-15-11-35(14-23(39-15)17-10-33-37(12-17)18-3-4-18)19-7-21(20-5-2-16(9-32)6-22(20)28)26-34-24(27(29,30)31)8-25(38)36(26)13-19/h2,5-8,10,12-13,15,18,23H,3-4,11,14H2,1H3. The van der Waals surface area contributed by atoms with Crippen LogP contribution in [0.1, 0.15) is 48.7 Å². The summed E-state index contributed by atoms with van der Waals surface area (Å²) in [4.78, 5) is 18.6. The first kappa shape index (κ1) is 25.1. The Morgan fingerprint density at radius 1 is 1.10 bits per heavy atom. The average Bonchev–Trinajstić information content (AvgIpc) is 3.63. The molecule has 39 heavy (non-hydrogen) atoms. The van der Waals surface area contributed by atoms with Gasteiger partial charge in [-0.1, -0.05) is 0 Å². The number of halogens is 4. The van der Waals surface area contributed by atoms with Gasteiger partial charge in [-0.15, -0.1) is 0 Å². The molecular weight excluding hydrogens is 516 g/mol. The second-order valence-corrected chi connectivity index (χ2v) is 9.91. The Hall–Kier alpha value is -4.24. The van der Waals surface area contributed by atoms with Gasteiger partial charge in [0.05, 0.1) is 35.7 Å². The van der Waals surface area contributed by atoms with Gasteiger partial charge in [0.15, 0.2) is 5.69 Å². The van der Waals surface area contributed by atoms with Gasteiger partial charge in [-0.05, 0) is 44.0 Å². The predicted octanol–water partition coefficient (Wildman–Crippen LogP) is 4.89. The summed E-state index contributed by atoms with van der Waals surface area (Å²) in [7, 11) is 0. The number of aromatic nitrogens is 4. The van der Waals surface area contributed by atoms with E-state index in [0.717, 1.165) is 28.9 Å². The summed E-state index contributed by atoms with van der Waals surface area (Å²) in [6, 6.07) is 7.84. The summed E-state index contributed by atoms with van der Waals surface area (Å²) in [6.07, 6.45) is 1.88. The van der Waals surface area contributed by atoms with Crippen LogP contribution in [0, 0.1) is 17.1 Å². The third-order valence-corrected chi connectivity index (χ3v) is 6.97. The minimum absolute atomic E-state index is 0.00469. The number of fused-ring (bicyclic) bond motifs is 1. The van der Waals surface area contributed by atoms with Crippen molar-refractivity contribution in [2.45, 2.75) is 44.2 Å². The largest absolute Gasteiger partial charge is 0.433 e. The zero-order valence-electron chi connectivity index (χ0n) is 20.7. The summed E-state index contributed by atoms with van der Waals surface area (Å²) < 4.78 is 64.8. The van der Waals surface area contributed by atoms with E-state index in [1.165, 1.54) is 24.4 Å². The highest BCUT2D eigenvalue weighted by Crippen LogP contribution is 2.37. The maximum Gasteiger partial charge on any atom is 0.433 e. The fraction of sp³-hybridized carbons (Fsp3) is 0.333. The summed E-state index contributed by atoms with van der Waals surface area (Å²) >= 11 is 0. The number of hydrogen-bond donors (Lipinski definition) is 0. The molecule has 2 aliphatic rings. The van der Waals surface area contributed by atoms with Gasteiger partial charge in [-0.2, -0.15) is 23.5 Å². The number of ether oxygens (including phenoxy) is 1. The Kier molecular flexibility index (Phi) is 5.91. The molecule has 2 fully saturated rings. The van der Waals surface area contributed by atoms with E-state index in [9.17, 15) is 18.0 Å². The Balaban J connectivity index is 1.48. The molecule has 8 nitrogen and oxygen atoms in total. The lowest BCUT2D eigenvalue weighted by atomic mass is 10.0. The van der Waals surface area contributed by atoms with Crippen molar-refractivity contribution in [1.29, 1.82) is 5.26 Å². The van der Waals surface area contributed by atoms with E-state index in [4.69, 9.17) is 10.00 Å². The normalized spacial score (nSPS) is 19.8. The molecule has 0 radical (unpaired) electrons. The Morgan fingerprint density at radius 3 is 2.59 bits per heavy atom. The first-order valence-electron chi connectivity index (χ1n) is 12.4. The highest BCUT2D eigenvalue weighted by molar-refractivity contribution is 5.81. The monoisotopic (exact) mass is 538 g/mol. The molecular formula is C27H22F4N6O2. The van der Waals surface area contributed by atoms with E-state index < -0.39 is 23.2 Å². The van der Waals surface area contributed by atoms with E-state index in [0.29, 0.717) is 30.9 Å². The molecule has 1 saturated heterocycles. The van der Waals surface area contributed by atoms with Crippen LogP contribution in [0.2, 0.25) is 0 Å². The van der Waals surface area contributed by atoms with E-state index in [-0.39, 0.29) is 34.5 Å². The number of alkyl halides is 3. The molecule has 0 spiro atoms. The summed E-state index contributed by atoms with van der Waals surface area (Å²) in [5, 5.41) is 13.6. The number of nitriles is 1. The lowest BCUT2D eigenvalue weighted by Gasteiger charge is -2.38. The fourth-order valence-corrected chi connectivity index (χ4v) is 4.91. The van der Waals surface area contributed by atoms with Crippen LogP contribution >= 0.6 is 0 Å². The molecule has 1 saturated carbocycles. The van der Waals surface area contributed by atoms with Gasteiger partial charge in [-0.25, -0.2) is 9.37 Å². The number of benzene rings is 1. The molecule has 12 heteroatoms. The molecule has 200 valence electrons. The minimum Gasteiger partial charge on any atom is -0.367 e. The maximum absolute atomic E-state index is 15.1. The number of nitrogens with zero attached hydrogens (tertiary/aromatic N) is 6. The molecule has 1 aliphatic carbocycles. The van der Waals surface area contributed by atoms with Crippen LogP contribution in [0.3, 0.4) is 0 Å². The van der Waals surface area contributed by atoms with Gasteiger partial charge in [0.2, 0.25) is 0 Å². The Morgan fingerprint density at radius 2 is 1.90 bits per heavy atom. The number of hydrogen-bond acceptors (Lipinski definition) is 6. The van der Waals surface area contributed by atoms with Crippen LogP contribution < -0.4 is 10.5 Å². The highest BCUT2D eigenvalue weighted by atomic mass is 19.4. The second kappa shape index (κ2) is 9.20. The van der Waals surface area contributed by atoms with Crippen LogP contribution in [0.5, 0.6) is 0 Å². The van der Waals surface area contributed by atoms with Crippen molar-refractivity contribution >= 4 is 11.3 Å². The number of anilines is 1. The van der Waals surface area contributed by atoms with Crippen molar-refractivity contribution in [2.75, 3.05) is 18.0 Å². The van der Waals surface area contributed by atoms with Crippen LogP contribution in [0.15, 0.2) is 53.7 Å². The maximum atomic E-state index is 15.1. The minimum atomic E-state index is -4.87. The number of morpholine rings is 1. The molecule has 6 rings (SSSR count). The summed E-state index contributed by atoms with van der Waals surface area (Å²) in [5.41, 5.74) is -1.32. The molecule has 2 unspecified atom stereocenters. The topological polar surface area (TPSA) is 88.5 Å². The zero-order chi connectivity index (χ0) is 27.5. The molecule has 1 aliphatic heterocycles. The van der Waals surface area contributed by atoms with Crippen molar-refractivity contribution in [2.24, 2.45) is 0 Å². The molecule has 4 heterocycles. The van der Waals surface area contributed by atoms with Gasteiger partial charge in [-0.3, -0.25) is 13.9 Å². The first-order valence-corrected chi connectivity index (χ1v) is 12.4. The molecule has 1 aromatic carbocycles. The van der Waals surface area contributed by atoms with Gasteiger partial charge in [0.25, 0.3) is 5.56 Å². The van der Waals surface area contributed by atoms with Gasteiger partial charge >= 0.3 is 6.18 Å². The second-order valence-electron chi connectivity index (χ2n) is 9.91. The van der Waals surface area contributed by atoms with Gasteiger partial charge < -0.3 is 9.64 Å². The fourth-order valence-electron chi connectivity index (χ4n) is 4.91. The van der Waals surface area contributed by atoms with Crippen LogP contribution in [0.25, 0.3) is 16.8 Å². The third-order valence-electron chi connectivity index (χ3n) is 6.97. The lowest BCUT2D eigenvalue weighted by Crippen LogP contribution is -2.43. The van der Waals surface area contributed by atoms with Crippen LogP contribution in [0.4, 0.5) is 23.2 Å². The number of pyridine rings is 1. The van der Waals surface area contributed by atoms with Crippen molar-refractivity contribution in [3.63, 3.8) is 0 Å². The molecule has 0 N–H and O–H groups in total. The molecule has 4 aromatic rings. The SMILES string of the molecule is CC1CN(c2cc(-c3ccc(C#N)cc3F)c3nc(C(F)(F)F)cc(=O)n3c2)CC(c2cnn(C3CC3)c2)O1. The van der Waals surface area contributed by atoms with E-state index in [1.807, 2.05) is 28.8 Å². The van der Waals surface area contributed by atoms with E-state index in [1.54, 1.807) is 6.20 Å². The molecule has 0 bridgehead atoms. The van der Waals surface area contributed by atoms with Crippen LogP contribution in [-0.4, -0.2) is 38.4 Å². The molecule has 3 aromatic heterocycles. The molecule has 0 amide bonds. The van der Waals surface area contributed by atoms with E-state index in [2.05, 4.69) is 10.1 Å². The van der Waals surface area contributed by atoms with Crippen molar-refractivity contribution < 1.29 is 22.3 Å². The third kappa shape index (κ3) is 4.74. The number of rotatable bonds is 4. The van der Waals surface area contributed by atoms with Gasteiger partial charge in [0, 0.05) is 48.2 Å². The van der Waals surface area contributed by atoms with Crippen molar-refractivity contribution in [3.05, 3.63) is 81.9 Å². The van der Waals surface area contributed by atoms with Gasteiger partial charge in [0.1, 0.15) is 17.6 Å². The Bertz CT molecular complexity index is 1680.